The zero-order chi connectivity index (χ0) is 18.3. The maximum absolute atomic E-state index is 12.9. The minimum atomic E-state index is -0.255. The first-order valence-electron chi connectivity index (χ1n) is 8.04. The predicted octanol–water partition coefficient (Wildman–Crippen LogP) is 6.75. The lowest BCUT2D eigenvalue weighted by Crippen LogP contribution is -2.02. The summed E-state index contributed by atoms with van der Waals surface area (Å²) in [6.07, 6.45) is 0. The van der Waals surface area contributed by atoms with Crippen LogP contribution in [0.5, 0.6) is 0 Å². The summed E-state index contributed by atoms with van der Waals surface area (Å²) in [4.78, 5) is 12.9. The van der Waals surface area contributed by atoms with Crippen LogP contribution in [0.15, 0.2) is 65.1 Å². The van der Waals surface area contributed by atoms with Crippen molar-refractivity contribution in [2.24, 2.45) is 0 Å². The van der Waals surface area contributed by atoms with E-state index in [4.69, 9.17) is 27.6 Å². The number of furan rings is 1. The molecular weight excluding hydrogens is 367 g/mol. The molecule has 0 atom stereocenters. The average molecular weight is 380 g/mol. The molecule has 1 aromatic heterocycles. The van der Waals surface area contributed by atoms with Crippen LogP contribution in [0.2, 0.25) is 10.0 Å². The largest absolute Gasteiger partial charge is 0.452 e. The fourth-order valence-electron chi connectivity index (χ4n) is 2.99. The maximum atomic E-state index is 12.9. The standard InChI is InChI=1S/C22H13Cl2O2/c1-13-17-9-7-15(14-5-3-2-4-6-14)11-20(17)26-22(13)21(25)18-10-8-16(23)12-19(18)24/h2-3,5-12H,1H3. The van der Waals surface area contributed by atoms with Crippen LogP contribution in [-0.2, 0) is 0 Å². The van der Waals surface area contributed by atoms with Crippen LogP contribution in [0.25, 0.3) is 22.1 Å². The third-order valence-electron chi connectivity index (χ3n) is 4.36. The minimum Gasteiger partial charge on any atom is -0.452 e. The van der Waals surface area contributed by atoms with E-state index >= 15 is 0 Å². The van der Waals surface area contributed by atoms with Gasteiger partial charge in [-0.25, -0.2) is 0 Å². The van der Waals surface area contributed by atoms with Gasteiger partial charge in [-0.3, -0.25) is 4.79 Å². The quantitative estimate of drug-likeness (QED) is 0.368. The molecule has 127 valence electrons. The lowest BCUT2D eigenvalue weighted by Gasteiger charge is -2.02. The van der Waals surface area contributed by atoms with Gasteiger partial charge in [0.1, 0.15) is 5.58 Å². The van der Waals surface area contributed by atoms with Gasteiger partial charge in [0.25, 0.3) is 0 Å². The molecule has 1 heterocycles. The Hall–Kier alpha value is -2.55. The number of carbonyl (C=O) groups excluding carboxylic acids is 1. The van der Waals surface area contributed by atoms with Gasteiger partial charge in [0, 0.05) is 21.5 Å². The molecule has 2 nitrogen and oxygen atoms in total. The van der Waals surface area contributed by atoms with E-state index in [0.29, 0.717) is 27.0 Å². The zero-order valence-electron chi connectivity index (χ0n) is 13.8. The van der Waals surface area contributed by atoms with Crippen molar-refractivity contribution in [3.8, 4) is 11.1 Å². The number of carbonyl (C=O) groups is 1. The summed E-state index contributed by atoms with van der Waals surface area (Å²) < 4.78 is 5.91. The molecule has 1 radical (unpaired) electrons. The van der Waals surface area contributed by atoms with Crippen LogP contribution >= 0.6 is 23.2 Å². The fraction of sp³-hybridized carbons (Fsp3) is 0.0455. The van der Waals surface area contributed by atoms with Gasteiger partial charge in [-0.05, 0) is 54.4 Å². The van der Waals surface area contributed by atoms with Crippen molar-refractivity contribution < 1.29 is 9.21 Å². The molecule has 4 rings (SSSR count). The Labute approximate surface area is 161 Å². The first kappa shape index (κ1) is 16.9. The summed E-state index contributed by atoms with van der Waals surface area (Å²) in [5.74, 6) is 0.0379. The van der Waals surface area contributed by atoms with E-state index < -0.39 is 0 Å². The van der Waals surface area contributed by atoms with Crippen LogP contribution in [-0.4, -0.2) is 5.78 Å². The van der Waals surface area contributed by atoms with Gasteiger partial charge in [0.15, 0.2) is 5.76 Å². The highest BCUT2D eigenvalue weighted by molar-refractivity contribution is 6.37. The van der Waals surface area contributed by atoms with Crippen molar-refractivity contribution in [1.82, 2.24) is 0 Å². The molecule has 0 saturated heterocycles. The molecule has 26 heavy (non-hydrogen) atoms. The number of hydrogen-bond acceptors (Lipinski definition) is 2. The zero-order valence-corrected chi connectivity index (χ0v) is 15.4. The monoisotopic (exact) mass is 379 g/mol. The lowest BCUT2D eigenvalue weighted by atomic mass is 10.0. The Balaban J connectivity index is 1.81. The molecule has 3 aromatic carbocycles. The summed E-state index contributed by atoms with van der Waals surface area (Å²) in [6, 6.07) is 21.5. The topological polar surface area (TPSA) is 30.2 Å². The van der Waals surface area contributed by atoms with Crippen LogP contribution in [0, 0.1) is 13.0 Å². The molecule has 0 amide bonds. The molecule has 0 aliphatic heterocycles. The highest BCUT2D eigenvalue weighted by Gasteiger charge is 2.21. The van der Waals surface area contributed by atoms with Crippen molar-refractivity contribution in [2.45, 2.75) is 6.92 Å². The van der Waals surface area contributed by atoms with E-state index in [1.54, 1.807) is 18.2 Å². The second-order valence-corrected chi connectivity index (χ2v) is 6.86. The Morgan fingerprint density at radius 2 is 1.88 bits per heavy atom. The Morgan fingerprint density at radius 1 is 1.04 bits per heavy atom. The van der Waals surface area contributed by atoms with Gasteiger partial charge in [0.05, 0.1) is 5.02 Å². The van der Waals surface area contributed by atoms with Gasteiger partial charge in [-0.15, -0.1) is 0 Å². The number of rotatable bonds is 3. The fourth-order valence-corrected chi connectivity index (χ4v) is 3.48. The molecule has 0 fully saturated rings. The molecule has 0 N–H and O–H groups in total. The van der Waals surface area contributed by atoms with Crippen molar-refractivity contribution in [1.29, 1.82) is 0 Å². The van der Waals surface area contributed by atoms with Gasteiger partial charge >= 0.3 is 0 Å². The number of hydrogen-bond donors (Lipinski definition) is 0. The van der Waals surface area contributed by atoms with E-state index in [9.17, 15) is 4.79 Å². The molecule has 4 aromatic rings. The Kier molecular flexibility index (Phi) is 4.31. The summed E-state index contributed by atoms with van der Waals surface area (Å²) in [6.45, 7) is 1.87. The van der Waals surface area contributed by atoms with Crippen LogP contribution in [0.4, 0.5) is 0 Å². The van der Waals surface area contributed by atoms with Crippen molar-refractivity contribution in [3.63, 3.8) is 0 Å². The number of fused-ring (bicyclic) bond motifs is 1. The molecular formula is C22H13Cl2O2. The number of aryl methyl sites for hydroxylation is 1. The molecule has 0 bridgehead atoms. The van der Waals surface area contributed by atoms with E-state index in [-0.39, 0.29) is 5.78 Å². The first-order valence-corrected chi connectivity index (χ1v) is 8.79. The van der Waals surface area contributed by atoms with E-state index in [1.165, 1.54) is 0 Å². The first-order chi connectivity index (χ1) is 12.5. The van der Waals surface area contributed by atoms with Crippen LogP contribution < -0.4 is 0 Å². The molecule has 0 aliphatic rings. The maximum Gasteiger partial charge on any atom is 0.229 e. The summed E-state index contributed by atoms with van der Waals surface area (Å²) in [5, 5.41) is 1.70. The third kappa shape index (κ3) is 2.92. The normalized spacial score (nSPS) is 11.0. The molecule has 0 aliphatic carbocycles. The molecule has 4 heteroatoms. The highest BCUT2D eigenvalue weighted by atomic mass is 35.5. The van der Waals surface area contributed by atoms with E-state index in [0.717, 1.165) is 22.1 Å². The summed E-state index contributed by atoms with van der Waals surface area (Å²) in [5.41, 5.74) is 3.87. The van der Waals surface area contributed by atoms with Crippen molar-refractivity contribution in [3.05, 3.63) is 93.7 Å². The molecule has 0 spiro atoms. The number of halogens is 2. The Bertz CT molecular complexity index is 1130. The third-order valence-corrected chi connectivity index (χ3v) is 4.91. The number of ketones is 1. The lowest BCUT2D eigenvalue weighted by molar-refractivity contribution is 0.101. The minimum absolute atomic E-state index is 0.255. The van der Waals surface area contributed by atoms with Gasteiger partial charge in [0.2, 0.25) is 5.78 Å². The van der Waals surface area contributed by atoms with E-state index in [2.05, 4.69) is 6.07 Å². The SMILES string of the molecule is Cc1c(C(=O)c2ccc(Cl)cc2Cl)oc2cc(-c3c[c]ccc3)ccc12. The van der Waals surface area contributed by atoms with Gasteiger partial charge < -0.3 is 4.42 Å². The average Bonchev–Trinajstić information content (AvgIpc) is 2.98. The summed E-state index contributed by atoms with van der Waals surface area (Å²) >= 11 is 12.1. The molecule has 0 saturated carbocycles. The van der Waals surface area contributed by atoms with Crippen LogP contribution in [0.3, 0.4) is 0 Å². The van der Waals surface area contributed by atoms with E-state index in [1.807, 2.05) is 49.4 Å². The summed E-state index contributed by atoms with van der Waals surface area (Å²) in [7, 11) is 0. The second-order valence-electron chi connectivity index (χ2n) is 6.01. The van der Waals surface area contributed by atoms with Crippen molar-refractivity contribution in [2.75, 3.05) is 0 Å². The highest BCUT2D eigenvalue weighted by Crippen LogP contribution is 2.32. The predicted molar refractivity (Wildman–Crippen MR) is 105 cm³/mol. The van der Waals surface area contributed by atoms with Gasteiger partial charge in [-0.2, -0.15) is 0 Å². The van der Waals surface area contributed by atoms with Crippen LogP contribution in [0.1, 0.15) is 21.7 Å². The van der Waals surface area contributed by atoms with Crippen molar-refractivity contribution >= 4 is 40.0 Å². The molecule has 0 unspecified atom stereocenters. The number of benzene rings is 3. The smallest absolute Gasteiger partial charge is 0.229 e. The second kappa shape index (κ2) is 6.64. The Morgan fingerprint density at radius 3 is 2.62 bits per heavy atom. The van der Waals surface area contributed by atoms with Gasteiger partial charge in [-0.1, -0.05) is 53.5 Å².